The van der Waals surface area contributed by atoms with Crippen LogP contribution in [0.25, 0.3) is 0 Å². The minimum absolute atomic E-state index is 0.0398. The van der Waals surface area contributed by atoms with Gasteiger partial charge in [-0.05, 0) is 31.4 Å². The highest BCUT2D eigenvalue weighted by atomic mass is 19.1. The van der Waals surface area contributed by atoms with Crippen molar-refractivity contribution >= 4 is 11.9 Å². The molecule has 6 heteroatoms. The molecule has 0 spiro atoms. The number of hydrogen-bond donors (Lipinski definition) is 1. The fraction of sp³-hybridized carbons (Fsp3) is 0.636. The molecule has 2 fully saturated rings. The Labute approximate surface area is 165 Å². The van der Waals surface area contributed by atoms with E-state index < -0.39 is 24.3 Å². The first-order valence-electron chi connectivity index (χ1n) is 10.3. The predicted octanol–water partition coefficient (Wildman–Crippen LogP) is 3.83. The summed E-state index contributed by atoms with van der Waals surface area (Å²) in [5.74, 6) is -0.799. The van der Waals surface area contributed by atoms with Crippen LogP contribution < -0.4 is 0 Å². The van der Waals surface area contributed by atoms with Gasteiger partial charge in [0.15, 0.2) is 0 Å². The zero-order chi connectivity index (χ0) is 20.1. The Bertz CT molecular complexity index is 664. The van der Waals surface area contributed by atoms with E-state index in [1.54, 1.807) is 24.3 Å². The maximum Gasteiger partial charge on any atom is 0.338 e. The average molecular weight is 392 g/mol. The molecule has 6 atom stereocenters. The Morgan fingerprint density at radius 1 is 1.32 bits per heavy atom. The van der Waals surface area contributed by atoms with Gasteiger partial charge in [-0.15, -0.1) is 0 Å². The number of carbonyl (C=O) groups is 2. The van der Waals surface area contributed by atoms with Crippen molar-refractivity contribution < 1.29 is 28.6 Å². The molecule has 0 amide bonds. The largest absolute Gasteiger partial charge is 0.462 e. The number of fused-ring (bicyclic) bond motifs is 1. The summed E-state index contributed by atoms with van der Waals surface area (Å²) in [5, 5.41) is 10.2. The van der Waals surface area contributed by atoms with Gasteiger partial charge < -0.3 is 14.6 Å². The zero-order valence-corrected chi connectivity index (χ0v) is 16.3. The number of halogens is 1. The molecule has 5 nitrogen and oxygen atoms in total. The Morgan fingerprint density at radius 2 is 2.07 bits per heavy atom. The van der Waals surface area contributed by atoms with Crippen LogP contribution in [0, 0.1) is 11.8 Å². The summed E-state index contributed by atoms with van der Waals surface area (Å²) in [7, 11) is 0. The quantitative estimate of drug-likeness (QED) is 0.647. The van der Waals surface area contributed by atoms with Crippen molar-refractivity contribution in [2.75, 3.05) is 0 Å². The van der Waals surface area contributed by atoms with Gasteiger partial charge in [0.25, 0.3) is 0 Å². The second-order valence-electron chi connectivity index (χ2n) is 7.91. The summed E-state index contributed by atoms with van der Waals surface area (Å²) < 4.78 is 25.2. The lowest BCUT2D eigenvalue weighted by Gasteiger charge is -2.25. The van der Waals surface area contributed by atoms with Gasteiger partial charge in [-0.2, -0.15) is 0 Å². The van der Waals surface area contributed by atoms with Crippen LogP contribution in [-0.2, 0) is 14.3 Å². The SMILES string of the molecule is CCCCC(F)C(O)CC[C@H]1C(OC(=O)c2ccccc2)CC2OC(=O)CC21. The van der Waals surface area contributed by atoms with Crippen LogP contribution in [0.3, 0.4) is 0 Å². The van der Waals surface area contributed by atoms with Crippen molar-refractivity contribution in [3.8, 4) is 0 Å². The Hall–Kier alpha value is -1.95. The monoisotopic (exact) mass is 392 g/mol. The molecule has 154 valence electrons. The maximum absolute atomic E-state index is 14.1. The first-order valence-corrected chi connectivity index (χ1v) is 10.3. The van der Waals surface area contributed by atoms with E-state index in [9.17, 15) is 19.1 Å². The molecular weight excluding hydrogens is 363 g/mol. The number of aliphatic hydroxyl groups excluding tert-OH is 1. The van der Waals surface area contributed by atoms with Gasteiger partial charge in [-0.25, -0.2) is 9.18 Å². The average Bonchev–Trinajstić information content (AvgIpc) is 3.20. The van der Waals surface area contributed by atoms with E-state index in [2.05, 4.69) is 0 Å². The standard InChI is InChI=1S/C22H29FO5/c1-2-3-9-17(23)18(24)11-10-15-16-12-21(25)27-20(16)13-19(15)28-22(26)14-7-5-4-6-8-14/h4-8,15-20,24H,2-3,9-13H2,1H3/t15-,16?,17?,18?,19?,20?/m1/s1. The van der Waals surface area contributed by atoms with Gasteiger partial charge in [0.05, 0.1) is 18.1 Å². The molecule has 1 aromatic carbocycles. The van der Waals surface area contributed by atoms with Gasteiger partial charge >= 0.3 is 11.9 Å². The predicted molar refractivity (Wildman–Crippen MR) is 101 cm³/mol. The number of ether oxygens (including phenoxy) is 2. The summed E-state index contributed by atoms with van der Waals surface area (Å²) in [6.07, 6.45) is 0.582. The summed E-state index contributed by atoms with van der Waals surface area (Å²) in [4.78, 5) is 24.1. The molecule has 0 aromatic heterocycles. The van der Waals surface area contributed by atoms with Crippen LogP contribution in [0.15, 0.2) is 30.3 Å². The van der Waals surface area contributed by atoms with Crippen LogP contribution in [0.1, 0.15) is 62.2 Å². The van der Waals surface area contributed by atoms with Crippen LogP contribution in [-0.4, -0.2) is 41.5 Å². The second-order valence-corrected chi connectivity index (χ2v) is 7.91. The first kappa shape index (κ1) is 20.8. The minimum Gasteiger partial charge on any atom is -0.462 e. The lowest BCUT2D eigenvalue weighted by Crippen LogP contribution is -2.29. The van der Waals surface area contributed by atoms with Gasteiger partial charge in [-0.3, -0.25) is 4.79 Å². The van der Waals surface area contributed by atoms with Crippen LogP contribution in [0.5, 0.6) is 0 Å². The Morgan fingerprint density at radius 3 is 2.79 bits per heavy atom. The summed E-state index contributed by atoms with van der Waals surface area (Å²) >= 11 is 0. The highest BCUT2D eigenvalue weighted by molar-refractivity contribution is 5.89. The molecule has 3 rings (SSSR count). The molecular formula is C22H29FO5. The smallest absolute Gasteiger partial charge is 0.338 e. The number of unbranched alkanes of at least 4 members (excludes halogenated alkanes) is 1. The maximum atomic E-state index is 14.1. The molecule has 28 heavy (non-hydrogen) atoms. The zero-order valence-electron chi connectivity index (χ0n) is 16.3. The van der Waals surface area contributed by atoms with Crippen molar-refractivity contribution in [2.45, 2.75) is 76.4 Å². The molecule has 0 bridgehead atoms. The van der Waals surface area contributed by atoms with Crippen molar-refractivity contribution in [3.63, 3.8) is 0 Å². The molecule has 1 saturated carbocycles. The molecule has 1 N–H and O–H groups in total. The number of aliphatic hydroxyl groups is 1. The number of carbonyl (C=O) groups excluding carboxylic acids is 2. The lowest BCUT2D eigenvalue weighted by molar-refractivity contribution is -0.141. The number of alkyl halides is 1. The highest BCUT2D eigenvalue weighted by Gasteiger charge is 2.51. The van der Waals surface area contributed by atoms with Gasteiger partial charge in [-0.1, -0.05) is 38.0 Å². The molecule has 1 saturated heterocycles. The number of benzene rings is 1. The molecule has 2 aliphatic rings. The van der Waals surface area contributed by atoms with Crippen molar-refractivity contribution in [1.82, 2.24) is 0 Å². The third-order valence-corrected chi connectivity index (χ3v) is 5.97. The lowest BCUT2D eigenvalue weighted by atomic mass is 9.86. The fourth-order valence-electron chi connectivity index (χ4n) is 4.41. The number of rotatable bonds is 9. The molecule has 0 radical (unpaired) electrons. The normalized spacial score (nSPS) is 28.5. The van der Waals surface area contributed by atoms with E-state index in [0.29, 0.717) is 31.2 Å². The van der Waals surface area contributed by atoms with Crippen LogP contribution >= 0.6 is 0 Å². The third kappa shape index (κ3) is 4.90. The number of hydrogen-bond acceptors (Lipinski definition) is 5. The number of esters is 2. The Balaban J connectivity index is 1.62. The minimum atomic E-state index is -1.25. The van der Waals surface area contributed by atoms with E-state index in [1.807, 2.05) is 13.0 Å². The van der Waals surface area contributed by atoms with E-state index >= 15 is 0 Å². The Kier molecular flexibility index (Phi) is 7.05. The third-order valence-electron chi connectivity index (χ3n) is 5.97. The summed E-state index contributed by atoms with van der Waals surface area (Å²) in [5.41, 5.74) is 0.471. The fourth-order valence-corrected chi connectivity index (χ4v) is 4.41. The van der Waals surface area contributed by atoms with Crippen molar-refractivity contribution in [2.24, 2.45) is 11.8 Å². The van der Waals surface area contributed by atoms with Gasteiger partial charge in [0.2, 0.25) is 0 Å². The van der Waals surface area contributed by atoms with E-state index in [1.165, 1.54) is 0 Å². The molecule has 1 heterocycles. The molecule has 5 unspecified atom stereocenters. The van der Waals surface area contributed by atoms with E-state index in [0.717, 1.165) is 12.8 Å². The highest BCUT2D eigenvalue weighted by Crippen LogP contribution is 2.45. The van der Waals surface area contributed by atoms with Crippen molar-refractivity contribution in [3.05, 3.63) is 35.9 Å². The van der Waals surface area contributed by atoms with E-state index in [-0.39, 0.29) is 30.3 Å². The van der Waals surface area contributed by atoms with E-state index in [4.69, 9.17) is 9.47 Å². The summed E-state index contributed by atoms with van der Waals surface area (Å²) in [6, 6.07) is 8.75. The van der Waals surface area contributed by atoms with Crippen molar-refractivity contribution in [1.29, 1.82) is 0 Å². The summed E-state index contributed by atoms with van der Waals surface area (Å²) in [6.45, 7) is 1.99. The van der Waals surface area contributed by atoms with Crippen LogP contribution in [0.4, 0.5) is 4.39 Å². The van der Waals surface area contributed by atoms with Gasteiger partial charge in [0.1, 0.15) is 18.4 Å². The molecule has 1 aliphatic carbocycles. The van der Waals surface area contributed by atoms with Crippen LogP contribution in [0.2, 0.25) is 0 Å². The molecule has 1 aromatic rings. The first-order chi connectivity index (χ1) is 13.5. The second kappa shape index (κ2) is 9.50. The van der Waals surface area contributed by atoms with Gasteiger partial charge in [0, 0.05) is 18.3 Å². The topological polar surface area (TPSA) is 72.8 Å². The molecule has 1 aliphatic heterocycles.